The number of aromatic hydroxyl groups is 4. The molecular weight excluding hydrogens is 468 g/mol. The summed E-state index contributed by atoms with van der Waals surface area (Å²) >= 11 is 0. The number of rotatable bonds is 7. The fraction of sp³-hybridized carbons (Fsp3) is 0.273. The molecule has 0 radical (unpaired) electrons. The average molecular weight is 501 g/mol. The van der Waals surface area contributed by atoms with Gasteiger partial charge >= 0.3 is 0 Å². The van der Waals surface area contributed by atoms with Gasteiger partial charge in [-0.3, -0.25) is 4.99 Å². The normalized spacial score (nSPS) is 12.3. The van der Waals surface area contributed by atoms with Crippen molar-refractivity contribution in [2.75, 3.05) is 20.6 Å². The SMILES string of the molecule is CN=C(N=C(N)N)NCCc1ccc(CN(C)C(N)=NC(N)=NCc2cccc(O)c2O)c(O)c1O. The van der Waals surface area contributed by atoms with Gasteiger partial charge in [-0.15, -0.1) is 0 Å². The predicted molar refractivity (Wildman–Crippen MR) is 139 cm³/mol. The quantitative estimate of drug-likeness (QED) is 0.129. The summed E-state index contributed by atoms with van der Waals surface area (Å²) in [6.45, 7) is 0.453. The van der Waals surface area contributed by atoms with Crippen molar-refractivity contribution in [2.24, 2.45) is 42.9 Å². The number of aliphatic imine (C=N–C) groups is 4. The van der Waals surface area contributed by atoms with Gasteiger partial charge in [0.15, 0.2) is 34.9 Å². The molecular formula is C22H32N10O4. The van der Waals surface area contributed by atoms with Crippen molar-refractivity contribution in [3.05, 3.63) is 47.0 Å². The molecule has 0 atom stereocenters. The minimum Gasteiger partial charge on any atom is -0.504 e. The van der Waals surface area contributed by atoms with E-state index in [1.54, 1.807) is 31.3 Å². The minimum atomic E-state index is -0.290. The molecule has 0 unspecified atom stereocenters. The van der Waals surface area contributed by atoms with Crippen LogP contribution in [-0.4, -0.2) is 69.8 Å². The summed E-state index contributed by atoms with van der Waals surface area (Å²) in [5, 5.41) is 43.2. The molecule has 0 aliphatic carbocycles. The second-order valence-corrected chi connectivity index (χ2v) is 7.63. The van der Waals surface area contributed by atoms with Crippen LogP contribution >= 0.6 is 0 Å². The van der Waals surface area contributed by atoms with Crippen LogP contribution in [0.4, 0.5) is 0 Å². The molecule has 0 bridgehead atoms. The van der Waals surface area contributed by atoms with E-state index in [-0.39, 0.29) is 59.9 Å². The van der Waals surface area contributed by atoms with E-state index in [0.717, 1.165) is 0 Å². The van der Waals surface area contributed by atoms with Crippen LogP contribution in [-0.2, 0) is 19.5 Å². The van der Waals surface area contributed by atoms with Gasteiger partial charge in [0, 0.05) is 38.3 Å². The lowest BCUT2D eigenvalue weighted by molar-refractivity contribution is 0.386. The number of hydrogen-bond donors (Lipinski definition) is 9. The Bertz CT molecular complexity index is 1190. The van der Waals surface area contributed by atoms with Gasteiger partial charge < -0.3 is 53.6 Å². The van der Waals surface area contributed by atoms with E-state index in [4.69, 9.17) is 22.9 Å². The number of benzene rings is 2. The van der Waals surface area contributed by atoms with Gasteiger partial charge in [0.25, 0.3) is 0 Å². The van der Waals surface area contributed by atoms with Crippen LogP contribution < -0.4 is 28.3 Å². The van der Waals surface area contributed by atoms with Crippen LogP contribution in [0.15, 0.2) is 50.3 Å². The Morgan fingerprint density at radius 2 is 1.56 bits per heavy atom. The molecule has 14 heteroatoms. The lowest BCUT2D eigenvalue weighted by Gasteiger charge is -2.19. The molecule has 0 amide bonds. The topological polar surface area (TPSA) is 250 Å². The number of nitrogens with one attached hydrogen (secondary N) is 1. The van der Waals surface area contributed by atoms with Crippen LogP contribution in [0.2, 0.25) is 0 Å². The van der Waals surface area contributed by atoms with Crippen molar-refractivity contribution in [1.29, 1.82) is 0 Å². The maximum Gasteiger partial charge on any atom is 0.220 e. The maximum absolute atomic E-state index is 10.5. The van der Waals surface area contributed by atoms with E-state index >= 15 is 0 Å². The molecule has 0 spiro atoms. The highest BCUT2D eigenvalue weighted by atomic mass is 16.3. The Morgan fingerprint density at radius 1 is 0.889 bits per heavy atom. The van der Waals surface area contributed by atoms with Gasteiger partial charge in [0.1, 0.15) is 0 Å². The first-order valence-electron chi connectivity index (χ1n) is 10.7. The number of guanidine groups is 4. The zero-order valence-electron chi connectivity index (χ0n) is 20.0. The van der Waals surface area contributed by atoms with Crippen LogP contribution in [0.25, 0.3) is 0 Å². The highest BCUT2D eigenvalue weighted by Crippen LogP contribution is 2.33. The van der Waals surface area contributed by atoms with E-state index in [1.165, 1.54) is 18.0 Å². The third-order valence-electron chi connectivity index (χ3n) is 4.98. The highest BCUT2D eigenvalue weighted by Gasteiger charge is 2.14. The molecule has 14 nitrogen and oxygen atoms in total. The number of phenols is 4. The van der Waals surface area contributed by atoms with Gasteiger partial charge in [-0.1, -0.05) is 24.3 Å². The van der Waals surface area contributed by atoms with Crippen LogP contribution in [0.1, 0.15) is 16.7 Å². The largest absolute Gasteiger partial charge is 0.504 e. The summed E-state index contributed by atoms with van der Waals surface area (Å²) in [6.07, 6.45) is 0.361. The Kier molecular flexibility index (Phi) is 9.54. The third-order valence-corrected chi connectivity index (χ3v) is 4.98. The molecule has 194 valence electrons. The van der Waals surface area contributed by atoms with E-state index in [9.17, 15) is 20.4 Å². The molecule has 0 aliphatic heterocycles. The summed E-state index contributed by atoms with van der Waals surface area (Å²) in [7, 11) is 3.15. The fourth-order valence-corrected chi connectivity index (χ4v) is 3.04. The molecule has 0 heterocycles. The van der Waals surface area contributed by atoms with E-state index in [0.29, 0.717) is 29.7 Å². The molecule has 2 aromatic rings. The number of nitrogens with zero attached hydrogens (tertiary/aromatic N) is 5. The zero-order valence-corrected chi connectivity index (χ0v) is 20.0. The molecule has 2 aromatic carbocycles. The number of para-hydroxylation sites is 1. The lowest BCUT2D eigenvalue weighted by atomic mass is 10.1. The van der Waals surface area contributed by atoms with Gasteiger partial charge in [0.05, 0.1) is 6.54 Å². The Balaban J connectivity index is 2.02. The van der Waals surface area contributed by atoms with Crippen molar-refractivity contribution in [1.82, 2.24) is 10.2 Å². The average Bonchev–Trinajstić information content (AvgIpc) is 2.83. The Labute approximate surface area is 208 Å². The highest BCUT2D eigenvalue weighted by molar-refractivity contribution is 5.93. The number of nitrogens with two attached hydrogens (primary N) is 4. The summed E-state index contributed by atoms with van der Waals surface area (Å²) in [6, 6.07) is 7.82. The molecule has 0 fully saturated rings. The lowest BCUT2D eigenvalue weighted by Crippen LogP contribution is -2.35. The third kappa shape index (κ3) is 7.58. The van der Waals surface area contributed by atoms with Crippen molar-refractivity contribution in [3.8, 4) is 23.0 Å². The standard InChI is InChI=1S/C22H32N10O4/c1-27-22(30-19(23)24)28-9-8-12-6-7-14(18(36)17(12)35)11-32(2)21(26)31-20(25)29-10-13-4-3-5-15(33)16(13)34/h3-7,33-36H,8-11H2,1-2H3,(H4,25,26,29,31)(H5,23,24,27,28,30). The van der Waals surface area contributed by atoms with E-state index in [2.05, 4.69) is 25.3 Å². The second kappa shape index (κ2) is 12.5. The smallest absolute Gasteiger partial charge is 0.220 e. The van der Waals surface area contributed by atoms with Crippen LogP contribution in [0, 0.1) is 0 Å². The van der Waals surface area contributed by atoms with Crippen molar-refractivity contribution < 1.29 is 20.4 Å². The first kappa shape index (κ1) is 27.4. The number of hydrogen-bond acceptors (Lipinski definition) is 6. The van der Waals surface area contributed by atoms with Crippen LogP contribution in [0.5, 0.6) is 23.0 Å². The molecule has 0 saturated heterocycles. The molecule has 0 aromatic heterocycles. The van der Waals surface area contributed by atoms with Crippen molar-refractivity contribution in [3.63, 3.8) is 0 Å². The van der Waals surface area contributed by atoms with E-state index < -0.39 is 0 Å². The van der Waals surface area contributed by atoms with Gasteiger partial charge in [-0.05, 0) is 18.1 Å². The fourth-order valence-electron chi connectivity index (χ4n) is 3.04. The monoisotopic (exact) mass is 500 g/mol. The molecule has 36 heavy (non-hydrogen) atoms. The summed E-state index contributed by atoms with van der Waals surface area (Å²) < 4.78 is 0. The van der Waals surface area contributed by atoms with Gasteiger partial charge in [-0.25, -0.2) is 4.99 Å². The Morgan fingerprint density at radius 3 is 2.22 bits per heavy atom. The second-order valence-electron chi connectivity index (χ2n) is 7.63. The summed E-state index contributed by atoms with van der Waals surface area (Å²) in [5.41, 5.74) is 23.7. The molecule has 2 rings (SSSR count). The summed E-state index contributed by atoms with van der Waals surface area (Å²) in [4.78, 5) is 17.3. The summed E-state index contributed by atoms with van der Waals surface area (Å²) in [5.74, 6) is -1.13. The first-order chi connectivity index (χ1) is 17.0. The van der Waals surface area contributed by atoms with E-state index in [1.807, 2.05) is 0 Å². The Hall–Kier alpha value is -4.88. The number of phenolic OH excluding ortho intramolecular Hbond substituents is 4. The molecule has 0 saturated carbocycles. The predicted octanol–water partition coefficient (Wildman–Crippen LogP) is -0.838. The molecule has 13 N–H and O–H groups in total. The van der Waals surface area contributed by atoms with Crippen molar-refractivity contribution in [2.45, 2.75) is 19.5 Å². The maximum atomic E-state index is 10.5. The van der Waals surface area contributed by atoms with Gasteiger partial charge in [0.2, 0.25) is 11.9 Å². The molecule has 0 aliphatic rings. The van der Waals surface area contributed by atoms with Crippen molar-refractivity contribution >= 4 is 23.8 Å². The van der Waals surface area contributed by atoms with Gasteiger partial charge in [-0.2, -0.15) is 9.98 Å². The van der Waals surface area contributed by atoms with Crippen LogP contribution in [0.3, 0.4) is 0 Å². The zero-order chi connectivity index (χ0) is 26.8. The minimum absolute atomic E-state index is 0.00895. The first-order valence-corrected chi connectivity index (χ1v) is 10.7.